The van der Waals surface area contributed by atoms with Gasteiger partial charge in [0.15, 0.2) is 0 Å². The zero-order valence-corrected chi connectivity index (χ0v) is 11.7. The molecule has 0 radical (unpaired) electrons. The first-order valence-corrected chi connectivity index (χ1v) is 6.44. The van der Waals surface area contributed by atoms with Gasteiger partial charge < -0.3 is 20.1 Å². The summed E-state index contributed by atoms with van der Waals surface area (Å²) in [7, 11) is 0. The van der Waals surface area contributed by atoms with E-state index in [4.69, 9.17) is 15.2 Å². The Labute approximate surface area is 114 Å². The minimum Gasteiger partial charge on any atom is -0.376 e. The molecule has 0 spiro atoms. The standard InChI is InChI=1S/C12H22N2O3.ClH/c1-9(17-8-11-3-2-6-16-11)12(15)14-5-4-10(13)7-14;/h9-11H,2-8,13H2,1H3;1H/t9?,10-,11?;/m1./s1. The molecule has 0 aromatic carbocycles. The summed E-state index contributed by atoms with van der Waals surface area (Å²) < 4.78 is 11.0. The van der Waals surface area contributed by atoms with Crippen LogP contribution in [0.5, 0.6) is 0 Å². The Bertz CT molecular complexity index is 272. The molecule has 0 saturated carbocycles. The number of likely N-dealkylation sites (tertiary alicyclic amines) is 1. The largest absolute Gasteiger partial charge is 0.376 e. The van der Waals surface area contributed by atoms with Gasteiger partial charge in [-0.2, -0.15) is 0 Å². The van der Waals surface area contributed by atoms with Crippen LogP contribution in [0.15, 0.2) is 0 Å². The quantitative estimate of drug-likeness (QED) is 0.816. The lowest BCUT2D eigenvalue weighted by Crippen LogP contribution is -2.39. The highest BCUT2D eigenvalue weighted by molar-refractivity contribution is 5.85. The number of hydrogen-bond acceptors (Lipinski definition) is 4. The highest BCUT2D eigenvalue weighted by Crippen LogP contribution is 2.14. The van der Waals surface area contributed by atoms with Crippen molar-refractivity contribution in [2.45, 2.75) is 44.4 Å². The Kier molecular flexibility index (Phi) is 6.35. The van der Waals surface area contributed by atoms with Crippen LogP contribution in [0.25, 0.3) is 0 Å². The number of amides is 1. The van der Waals surface area contributed by atoms with Crippen molar-refractivity contribution in [1.29, 1.82) is 0 Å². The number of halogens is 1. The summed E-state index contributed by atoms with van der Waals surface area (Å²) in [6.45, 7) is 4.56. The second-order valence-corrected chi connectivity index (χ2v) is 4.94. The summed E-state index contributed by atoms with van der Waals surface area (Å²) in [5.74, 6) is 0.0518. The highest BCUT2D eigenvalue weighted by atomic mass is 35.5. The minimum atomic E-state index is -0.385. The normalized spacial score (nSPS) is 29.1. The fraction of sp³-hybridized carbons (Fsp3) is 0.917. The van der Waals surface area contributed by atoms with Crippen LogP contribution < -0.4 is 5.73 Å². The van der Waals surface area contributed by atoms with Gasteiger partial charge in [-0.15, -0.1) is 12.4 Å². The predicted octanol–water partition coefficient (Wildman–Crippen LogP) is 0.552. The van der Waals surface area contributed by atoms with Gasteiger partial charge >= 0.3 is 0 Å². The van der Waals surface area contributed by atoms with Gasteiger partial charge in [0.1, 0.15) is 6.10 Å². The SMILES string of the molecule is CC(OCC1CCCO1)C(=O)N1CC[C@@H](N)C1.Cl. The third-order valence-corrected chi connectivity index (χ3v) is 3.44. The Morgan fingerprint density at radius 2 is 2.33 bits per heavy atom. The first-order chi connectivity index (χ1) is 8.16. The molecule has 3 atom stereocenters. The topological polar surface area (TPSA) is 64.8 Å². The first kappa shape index (κ1) is 15.7. The number of rotatable bonds is 4. The Morgan fingerprint density at radius 1 is 1.56 bits per heavy atom. The summed E-state index contributed by atoms with van der Waals surface area (Å²) in [5, 5.41) is 0. The van der Waals surface area contributed by atoms with Crippen LogP contribution in [-0.4, -0.2) is 55.4 Å². The molecule has 2 rings (SSSR count). The van der Waals surface area contributed by atoms with E-state index in [1.807, 2.05) is 0 Å². The van der Waals surface area contributed by atoms with E-state index in [2.05, 4.69) is 0 Å². The smallest absolute Gasteiger partial charge is 0.251 e. The van der Waals surface area contributed by atoms with Crippen molar-refractivity contribution in [3.8, 4) is 0 Å². The van der Waals surface area contributed by atoms with Crippen LogP contribution in [0.2, 0.25) is 0 Å². The second kappa shape index (κ2) is 7.28. The second-order valence-electron chi connectivity index (χ2n) is 4.94. The minimum absolute atomic E-state index is 0. The van der Waals surface area contributed by atoms with Crippen molar-refractivity contribution in [2.75, 3.05) is 26.3 Å². The summed E-state index contributed by atoms with van der Waals surface area (Å²) in [4.78, 5) is 13.8. The molecule has 5 nitrogen and oxygen atoms in total. The number of nitrogens with two attached hydrogens (primary N) is 1. The molecule has 0 aromatic rings. The highest BCUT2D eigenvalue weighted by Gasteiger charge is 2.28. The van der Waals surface area contributed by atoms with Crippen LogP contribution in [0, 0.1) is 0 Å². The number of carbonyl (C=O) groups is 1. The average Bonchev–Trinajstić information content (AvgIpc) is 2.95. The molecule has 2 fully saturated rings. The molecule has 0 bridgehead atoms. The summed E-state index contributed by atoms with van der Waals surface area (Å²) in [5.41, 5.74) is 5.78. The molecule has 2 saturated heterocycles. The maximum atomic E-state index is 12.0. The van der Waals surface area contributed by atoms with Gasteiger partial charge in [0.05, 0.1) is 12.7 Å². The lowest BCUT2D eigenvalue weighted by Gasteiger charge is -2.22. The molecule has 6 heteroatoms. The first-order valence-electron chi connectivity index (χ1n) is 6.44. The summed E-state index contributed by atoms with van der Waals surface area (Å²) >= 11 is 0. The van der Waals surface area contributed by atoms with Crippen molar-refractivity contribution in [3.63, 3.8) is 0 Å². The Balaban J connectivity index is 0.00000162. The predicted molar refractivity (Wildman–Crippen MR) is 70.8 cm³/mol. The number of carbonyl (C=O) groups excluding carboxylic acids is 1. The maximum absolute atomic E-state index is 12.0. The van der Waals surface area contributed by atoms with Crippen molar-refractivity contribution >= 4 is 18.3 Å². The van der Waals surface area contributed by atoms with Crippen molar-refractivity contribution in [1.82, 2.24) is 4.90 Å². The van der Waals surface area contributed by atoms with E-state index in [1.165, 1.54) is 0 Å². The fourth-order valence-corrected chi connectivity index (χ4v) is 2.34. The van der Waals surface area contributed by atoms with E-state index in [0.29, 0.717) is 13.2 Å². The number of ether oxygens (including phenoxy) is 2. The molecular formula is C12H23ClN2O3. The number of nitrogens with zero attached hydrogens (tertiary/aromatic N) is 1. The van der Waals surface area contributed by atoms with Crippen LogP contribution in [0.1, 0.15) is 26.2 Å². The molecule has 2 N–H and O–H groups in total. The van der Waals surface area contributed by atoms with Crippen LogP contribution in [0.4, 0.5) is 0 Å². The molecule has 0 aliphatic carbocycles. The number of hydrogen-bond donors (Lipinski definition) is 1. The maximum Gasteiger partial charge on any atom is 0.251 e. The van der Waals surface area contributed by atoms with Crippen LogP contribution in [0.3, 0.4) is 0 Å². The average molecular weight is 279 g/mol. The molecule has 2 heterocycles. The van der Waals surface area contributed by atoms with Gasteiger partial charge in [-0.25, -0.2) is 0 Å². The third-order valence-electron chi connectivity index (χ3n) is 3.44. The van der Waals surface area contributed by atoms with E-state index in [0.717, 1.165) is 32.4 Å². The lowest BCUT2D eigenvalue weighted by atomic mass is 10.2. The monoisotopic (exact) mass is 278 g/mol. The van der Waals surface area contributed by atoms with Gasteiger partial charge in [-0.05, 0) is 26.2 Å². The summed E-state index contributed by atoms with van der Waals surface area (Å²) in [6, 6.07) is 0.129. The van der Waals surface area contributed by atoms with E-state index in [-0.39, 0.29) is 36.6 Å². The Hall–Kier alpha value is -0.360. The zero-order chi connectivity index (χ0) is 12.3. The van der Waals surface area contributed by atoms with Crippen LogP contribution >= 0.6 is 12.4 Å². The molecule has 2 aliphatic heterocycles. The van der Waals surface area contributed by atoms with E-state index in [9.17, 15) is 4.79 Å². The van der Waals surface area contributed by atoms with E-state index in [1.54, 1.807) is 11.8 Å². The zero-order valence-electron chi connectivity index (χ0n) is 10.8. The molecule has 18 heavy (non-hydrogen) atoms. The van der Waals surface area contributed by atoms with Gasteiger partial charge in [-0.1, -0.05) is 0 Å². The summed E-state index contributed by atoms with van der Waals surface area (Å²) in [6.07, 6.45) is 2.81. The van der Waals surface area contributed by atoms with E-state index >= 15 is 0 Å². The molecular weight excluding hydrogens is 256 g/mol. The molecule has 1 amide bonds. The lowest BCUT2D eigenvalue weighted by molar-refractivity contribution is -0.143. The van der Waals surface area contributed by atoms with Crippen molar-refractivity contribution in [3.05, 3.63) is 0 Å². The van der Waals surface area contributed by atoms with Crippen LogP contribution in [-0.2, 0) is 14.3 Å². The van der Waals surface area contributed by atoms with Crippen molar-refractivity contribution in [2.24, 2.45) is 5.73 Å². The molecule has 0 aromatic heterocycles. The fourth-order valence-electron chi connectivity index (χ4n) is 2.34. The van der Waals surface area contributed by atoms with Gasteiger partial charge in [0, 0.05) is 25.7 Å². The molecule has 2 aliphatic rings. The third kappa shape index (κ3) is 4.09. The Morgan fingerprint density at radius 3 is 2.89 bits per heavy atom. The van der Waals surface area contributed by atoms with Gasteiger partial charge in [0.2, 0.25) is 0 Å². The molecule has 106 valence electrons. The van der Waals surface area contributed by atoms with Crippen molar-refractivity contribution < 1.29 is 14.3 Å². The molecule has 2 unspecified atom stereocenters. The van der Waals surface area contributed by atoms with Gasteiger partial charge in [0.25, 0.3) is 5.91 Å². The van der Waals surface area contributed by atoms with Gasteiger partial charge in [-0.3, -0.25) is 4.79 Å². The van der Waals surface area contributed by atoms with E-state index < -0.39 is 0 Å².